The van der Waals surface area contributed by atoms with Gasteiger partial charge >= 0.3 is 0 Å². The molecule has 0 saturated carbocycles. The summed E-state index contributed by atoms with van der Waals surface area (Å²) in [6.45, 7) is 0.477. The van der Waals surface area contributed by atoms with Gasteiger partial charge in [0.2, 0.25) is 0 Å². The average Bonchev–Trinajstić information content (AvgIpc) is 1.85. The molecule has 4 N–H and O–H groups in total. The van der Waals surface area contributed by atoms with Crippen molar-refractivity contribution in [2.75, 3.05) is 5.73 Å². The summed E-state index contributed by atoms with van der Waals surface area (Å²) in [6, 6.07) is 5.31. The topological polar surface area (TPSA) is 52.0 Å². The molecule has 0 atom stereocenters. The van der Waals surface area contributed by atoms with Crippen molar-refractivity contribution in [3.63, 3.8) is 0 Å². The van der Waals surface area contributed by atoms with Crippen molar-refractivity contribution in [1.82, 2.24) is 0 Å². The maximum atomic E-state index is 5.69. The Morgan fingerprint density at radius 2 is 2.00 bits per heavy atom. The minimum atomic E-state index is 0.477. The second-order valence-electron chi connectivity index (χ2n) is 2.10. The molecule has 54 valence electrons. The first-order valence-corrected chi connectivity index (χ1v) is 3.35. The van der Waals surface area contributed by atoms with Gasteiger partial charge in [0.05, 0.1) is 0 Å². The van der Waals surface area contributed by atoms with Crippen molar-refractivity contribution in [3.8, 4) is 0 Å². The summed E-state index contributed by atoms with van der Waals surface area (Å²) in [6.07, 6.45) is 0. The Morgan fingerprint density at radius 3 is 2.50 bits per heavy atom. The van der Waals surface area contributed by atoms with Gasteiger partial charge in [-0.1, -0.05) is 11.6 Å². The van der Waals surface area contributed by atoms with Crippen LogP contribution in [0.1, 0.15) is 5.56 Å². The molecule has 1 aromatic rings. The van der Waals surface area contributed by atoms with Gasteiger partial charge in [0.25, 0.3) is 0 Å². The highest BCUT2D eigenvalue weighted by atomic mass is 35.5. The lowest BCUT2D eigenvalue weighted by atomic mass is 10.2. The second-order valence-corrected chi connectivity index (χ2v) is 2.53. The van der Waals surface area contributed by atoms with Crippen LogP contribution in [0.4, 0.5) is 5.69 Å². The van der Waals surface area contributed by atoms with Crippen LogP contribution in [0.2, 0.25) is 5.02 Å². The van der Waals surface area contributed by atoms with Crippen LogP contribution in [-0.4, -0.2) is 0 Å². The van der Waals surface area contributed by atoms with Crippen LogP contribution in [0.15, 0.2) is 18.2 Å². The van der Waals surface area contributed by atoms with Crippen LogP contribution in [-0.2, 0) is 6.54 Å². The normalized spacial score (nSPS) is 9.80. The summed E-state index contributed by atoms with van der Waals surface area (Å²) in [5, 5.41) is 0.639. The van der Waals surface area contributed by atoms with Crippen molar-refractivity contribution in [2.45, 2.75) is 6.54 Å². The maximum absolute atomic E-state index is 5.69. The Labute approximate surface area is 64.8 Å². The Morgan fingerprint density at radius 1 is 1.30 bits per heavy atom. The third-order valence-corrected chi connectivity index (χ3v) is 1.43. The average molecular weight is 157 g/mol. The van der Waals surface area contributed by atoms with Gasteiger partial charge in [0.15, 0.2) is 0 Å². The van der Waals surface area contributed by atoms with Crippen molar-refractivity contribution >= 4 is 17.3 Å². The highest BCUT2D eigenvalue weighted by Gasteiger charge is 1.93. The van der Waals surface area contributed by atoms with Gasteiger partial charge < -0.3 is 11.5 Å². The first-order chi connectivity index (χ1) is 4.72. The lowest BCUT2D eigenvalue weighted by Crippen LogP contribution is -1.97. The van der Waals surface area contributed by atoms with Gasteiger partial charge in [0, 0.05) is 17.3 Å². The van der Waals surface area contributed by atoms with Crippen LogP contribution in [0.3, 0.4) is 0 Å². The van der Waals surface area contributed by atoms with Crippen molar-refractivity contribution < 1.29 is 0 Å². The third-order valence-electron chi connectivity index (χ3n) is 1.22. The SMILES string of the molecule is NCc1cc(N)cc(Cl)c1. The fourth-order valence-corrected chi connectivity index (χ4v) is 1.06. The molecule has 0 aromatic heterocycles. The number of hydrogen-bond acceptors (Lipinski definition) is 2. The fraction of sp³-hybridized carbons (Fsp3) is 0.143. The molecular formula is C7H9ClN2. The Bertz CT molecular complexity index is 215. The summed E-state index contributed by atoms with van der Waals surface area (Å²) in [5.74, 6) is 0. The fourth-order valence-electron chi connectivity index (χ4n) is 0.793. The molecular weight excluding hydrogens is 148 g/mol. The zero-order valence-corrected chi connectivity index (χ0v) is 6.23. The molecule has 0 fully saturated rings. The zero-order valence-electron chi connectivity index (χ0n) is 5.47. The van der Waals surface area contributed by atoms with E-state index < -0.39 is 0 Å². The monoisotopic (exact) mass is 156 g/mol. The predicted molar refractivity (Wildman–Crippen MR) is 43.8 cm³/mol. The van der Waals surface area contributed by atoms with E-state index in [9.17, 15) is 0 Å². The Kier molecular flexibility index (Phi) is 2.14. The van der Waals surface area contributed by atoms with E-state index in [-0.39, 0.29) is 0 Å². The summed E-state index contributed by atoms with van der Waals surface area (Å²) in [4.78, 5) is 0. The van der Waals surface area contributed by atoms with Crippen molar-refractivity contribution in [3.05, 3.63) is 28.8 Å². The molecule has 2 nitrogen and oxygen atoms in total. The molecule has 0 unspecified atom stereocenters. The number of benzene rings is 1. The van der Waals surface area contributed by atoms with E-state index in [0.29, 0.717) is 17.3 Å². The molecule has 0 aliphatic heterocycles. The van der Waals surface area contributed by atoms with E-state index in [1.54, 1.807) is 12.1 Å². The van der Waals surface area contributed by atoms with E-state index in [2.05, 4.69) is 0 Å². The molecule has 10 heavy (non-hydrogen) atoms. The molecule has 0 heterocycles. The molecule has 0 saturated heterocycles. The molecule has 0 bridgehead atoms. The lowest BCUT2D eigenvalue weighted by Gasteiger charge is -1.98. The molecule has 0 aliphatic rings. The lowest BCUT2D eigenvalue weighted by molar-refractivity contribution is 1.07. The molecule has 0 aliphatic carbocycles. The van der Waals surface area contributed by atoms with Gasteiger partial charge in [0.1, 0.15) is 0 Å². The largest absolute Gasteiger partial charge is 0.399 e. The smallest absolute Gasteiger partial charge is 0.0429 e. The molecule has 0 amide bonds. The van der Waals surface area contributed by atoms with E-state index in [1.165, 1.54) is 0 Å². The maximum Gasteiger partial charge on any atom is 0.0429 e. The summed E-state index contributed by atoms with van der Waals surface area (Å²) >= 11 is 5.69. The summed E-state index contributed by atoms with van der Waals surface area (Å²) in [7, 11) is 0. The highest BCUT2D eigenvalue weighted by molar-refractivity contribution is 6.30. The highest BCUT2D eigenvalue weighted by Crippen LogP contribution is 2.15. The van der Waals surface area contributed by atoms with E-state index in [1.807, 2.05) is 6.07 Å². The summed E-state index contributed by atoms with van der Waals surface area (Å²) < 4.78 is 0. The van der Waals surface area contributed by atoms with Crippen LogP contribution >= 0.6 is 11.6 Å². The van der Waals surface area contributed by atoms with E-state index in [0.717, 1.165) is 5.56 Å². The molecule has 3 heteroatoms. The van der Waals surface area contributed by atoms with Crippen LogP contribution in [0, 0.1) is 0 Å². The number of nitrogen functional groups attached to an aromatic ring is 1. The van der Waals surface area contributed by atoms with Crippen molar-refractivity contribution in [2.24, 2.45) is 5.73 Å². The van der Waals surface area contributed by atoms with Crippen molar-refractivity contribution in [1.29, 1.82) is 0 Å². The number of halogens is 1. The number of rotatable bonds is 1. The van der Waals surface area contributed by atoms with Gasteiger partial charge in [-0.3, -0.25) is 0 Å². The first kappa shape index (κ1) is 7.38. The second kappa shape index (κ2) is 2.90. The minimum Gasteiger partial charge on any atom is -0.399 e. The first-order valence-electron chi connectivity index (χ1n) is 2.97. The molecule has 1 rings (SSSR count). The van der Waals surface area contributed by atoms with Gasteiger partial charge in [-0.05, 0) is 23.8 Å². The van der Waals surface area contributed by atoms with Crippen LogP contribution in [0.5, 0.6) is 0 Å². The van der Waals surface area contributed by atoms with E-state index >= 15 is 0 Å². The number of anilines is 1. The minimum absolute atomic E-state index is 0.477. The van der Waals surface area contributed by atoms with Gasteiger partial charge in [-0.15, -0.1) is 0 Å². The molecule has 1 aromatic carbocycles. The van der Waals surface area contributed by atoms with Crippen LogP contribution in [0.25, 0.3) is 0 Å². The van der Waals surface area contributed by atoms with Crippen LogP contribution < -0.4 is 11.5 Å². The van der Waals surface area contributed by atoms with E-state index in [4.69, 9.17) is 23.1 Å². The number of nitrogens with two attached hydrogens (primary N) is 2. The van der Waals surface area contributed by atoms with Gasteiger partial charge in [-0.25, -0.2) is 0 Å². The molecule has 0 radical (unpaired) electrons. The standard InChI is InChI=1S/C7H9ClN2/c8-6-1-5(4-9)2-7(10)3-6/h1-3H,4,9-10H2. The zero-order chi connectivity index (χ0) is 7.56. The third kappa shape index (κ3) is 1.62. The van der Waals surface area contributed by atoms with Gasteiger partial charge in [-0.2, -0.15) is 0 Å². The number of hydrogen-bond donors (Lipinski definition) is 2. The summed E-state index contributed by atoms with van der Waals surface area (Å²) in [5.41, 5.74) is 12.5. The predicted octanol–water partition coefficient (Wildman–Crippen LogP) is 1.38. The Hall–Kier alpha value is -0.730. The molecule has 0 spiro atoms. The Balaban J connectivity index is 3.06. The quantitative estimate of drug-likeness (QED) is 0.604.